The van der Waals surface area contributed by atoms with Crippen LogP contribution in [0.25, 0.3) is 5.69 Å². The van der Waals surface area contributed by atoms with E-state index in [1.54, 1.807) is 78.6 Å². The highest BCUT2D eigenvalue weighted by atomic mass is 16.5. The van der Waals surface area contributed by atoms with E-state index in [2.05, 4.69) is 15.4 Å². The summed E-state index contributed by atoms with van der Waals surface area (Å²) >= 11 is 0. The summed E-state index contributed by atoms with van der Waals surface area (Å²) < 4.78 is 12.4. The fourth-order valence-electron chi connectivity index (χ4n) is 3.59. The molecule has 36 heavy (non-hydrogen) atoms. The molecule has 0 radical (unpaired) electrons. The van der Waals surface area contributed by atoms with Gasteiger partial charge in [-0.2, -0.15) is 5.10 Å². The van der Waals surface area contributed by atoms with E-state index in [0.29, 0.717) is 22.7 Å². The van der Waals surface area contributed by atoms with E-state index in [1.807, 2.05) is 31.2 Å². The molecule has 184 valence electrons. The van der Waals surface area contributed by atoms with Crippen LogP contribution in [0, 0.1) is 0 Å². The number of nitrogens with one attached hydrogen (secondary N) is 1. The third-order valence-corrected chi connectivity index (χ3v) is 5.78. The summed E-state index contributed by atoms with van der Waals surface area (Å²) in [4.78, 5) is 30.9. The molecule has 0 saturated heterocycles. The molecular weight excluding hydrogens is 458 g/mol. The van der Waals surface area contributed by atoms with Crippen molar-refractivity contribution in [2.24, 2.45) is 0 Å². The molecule has 1 atom stereocenters. The molecule has 9 nitrogen and oxygen atoms in total. The number of ether oxygens (including phenoxy) is 2. The lowest BCUT2D eigenvalue weighted by Crippen LogP contribution is -2.29. The largest absolute Gasteiger partial charge is 0.497 e. The van der Waals surface area contributed by atoms with Crippen molar-refractivity contribution in [3.63, 3.8) is 0 Å². The van der Waals surface area contributed by atoms with Gasteiger partial charge in [-0.3, -0.25) is 9.59 Å². The maximum absolute atomic E-state index is 13.0. The second kappa shape index (κ2) is 11.2. The standard InChI is InChI=1S/C27H27N5O4/c1-19(20-7-11-23(12-8-20)32-18-28-17-29-32)31(2)27(34)21-9-13-24(14-10-21)36-16-26(33)30-22-5-4-6-25(15-22)35-3/h4-15,17-19H,16H2,1-3H3,(H,30,33). The molecule has 4 aromatic rings. The number of nitrogens with zero attached hydrogens (tertiary/aromatic N) is 4. The van der Waals surface area contributed by atoms with Gasteiger partial charge in [0.05, 0.1) is 18.8 Å². The number of anilines is 1. The summed E-state index contributed by atoms with van der Waals surface area (Å²) in [6.07, 6.45) is 3.12. The van der Waals surface area contributed by atoms with Crippen LogP contribution in [0.1, 0.15) is 28.9 Å². The Morgan fingerprint density at radius 1 is 1.03 bits per heavy atom. The fraction of sp³-hybridized carbons (Fsp3) is 0.185. The van der Waals surface area contributed by atoms with Crippen molar-refractivity contribution in [2.75, 3.05) is 26.1 Å². The average molecular weight is 486 g/mol. The molecule has 4 rings (SSSR count). The van der Waals surface area contributed by atoms with Crippen molar-refractivity contribution in [1.29, 1.82) is 0 Å². The Bertz CT molecular complexity index is 1310. The second-order valence-electron chi connectivity index (χ2n) is 8.12. The molecule has 3 aromatic carbocycles. The van der Waals surface area contributed by atoms with Crippen molar-refractivity contribution in [2.45, 2.75) is 13.0 Å². The van der Waals surface area contributed by atoms with Gasteiger partial charge in [-0.05, 0) is 61.0 Å². The lowest BCUT2D eigenvalue weighted by molar-refractivity contribution is -0.118. The Morgan fingerprint density at radius 3 is 2.44 bits per heavy atom. The van der Waals surface area contributed by atoms with E-state index in [0.717, 1.165) is 11.3 Å². The highest BCUT2D eigenvalue weighted by Crippen LogP contribution is 2.23. The number of carbonyl (C=O) groups is 2. The van der Waals surface area contributed by atoms with Crippen molar-refractivity contribution < 1.29 is 19.1 Å². The van der Waals surface area contributed by atoms with Crippen LogP contribution >= 0.6 is 0 Å². The Hall–Kier alpha value is -4.66. The number of carbonyl (C=O) groups excluding carboxylic acids is 2. The number of rotatable bonds is 9. The summed E-state index contributed by atoms with van der Waals surface area (Å²) in [5.74, 6) is 0.723. The molecule has 1 aromatic heterocycles. The lowest BCUT2D eigenvalue weighted by atomic mass is 10.1. The third kappa shape index (κ3) is 5.87. The van der Waals surface area contributed by atoms with E-state index in [4.69, 9.17) is 9.47 Å². The van der Waals surface area contributed by atoms with Crippen LogP contribution in [0.3, 0.4) is 0 Å². The van der Waals surface area contributed by atoms with E-state index in [1.165, 1.54) is 6.33 Å². The predicted octanol–water partition coefficient (Wildman–Crippen LogP) is 4.13. The monoisotopic (exact) mass is 485 g/mol. The van der Waals surface area contributed by atoms with Crippen LogP contribution in [0.5, 0.6) is 11.5 Å². The van der Waals surface area contributed by atoms with Gasteiger partial charge >= 0.3 is 0 Å². The first-order valence-electron chi connectivity index (χ1n) is 11.3. The Kier molecular flexibility index (Phi) is 7.60. The molecule has 1 heterocycles. The number of methoxy groups -OCH3 is 1. The molecular formula is C27H27N5O4. The second-order valence-corrected chi connectivity index (χ2v) is 8.12. The van der Waals surface area contributed by atoms with E-state index in [-0.39, 0.29) is 24.5 Å². The fourth-order valence-corrected chi connectivity index (χ4v) is 3.59. The quantitative estimate of drug-likeness (QED) is 0.383. The Morgan fingerprint density at radius 2 is 1.78 bits per heavy atom. The van der Waals surface area contributed by atoms with Crippen molar-refractivity contribution in [3.8, 4) is 17.2 Å². The minimum absolute atomic E-state index is 0.120. The maximum atomic E-state index is 13.0. The Balaban J connectivity index is 1.31. The van der Waals surface area contributed by atoms with Crippen molar-refractivity contribution >= 4 is 17.5 Å². The molecule has 1 unspecified atom stereocenters. The molecule has 2 amide bonds. The highest BCUT2D eigenvalue weighted by Gasteiger charge is 2.19. The van der Waals surface area contributed by atoms with Gasteiger partial charge in [0.25, 0.3) is 11.8 Å². The number of aromatic nitrogens is 3. The van der Waals surface area contributed by atoms with Crippen molar-refractivity contribution in [1.82, 2.24) is 19.7 Å². The minimum Gasteiger partial charge on any atom is -0.497 e. The first-order valence-corrected chi connectivity index (χ1v) is 11.3. The summed E-state index contributed by atoms with van der Waals surface area (Å²) in [5.41, 5.74) is 3.03. The lowest BCUT2D eigenvalue weighted by Gasteiger charge is -2.25. The zero-order chi connectivity index (χ0) is 25.5. The van der Waals surface area contributed by atoms with Gasteiger partial charge in [0.2, 0.25) is 0 Å². The molecule has 0 bridgehead atoms. The van der Waals surface area contributed by atoms with Gasteiger partial charge in [-0.15, -0.1) is 0 Å². The van der Waals surface area contributed by atoms with Crippen LogP contribution < -0.4 is 14.8 Å². The average Bonchev–Trinajstić information content (AvgIpc) is 3.46. The van der Waals surface area contributed by atoms with Crippen LogP contribution in [-0.2, 0) is 4.79 Å². The third-order valence-electron chi connectivity index (χ3n) is 5.78. The topological polar surface area (TPSA) is 98.6 Å². The summed E-state index contributed by atoms with van der Waals surface area (Å²) in [7, 11) is 3.33. The SMILES string of the molecule is COc1cccc(NC(=O)COc2ccc(C(=O)N(C)C(C)c3ccc(-n4cncn4)cc3)cc2)c1. The molecule has 0 spiro atoms. The van der Waals surface area contributed by atoms with Crippen LogP contribution in [0.4, 0.5) is 5.69 Å². The van der Waals surface area contributed by atoms with Gasteiger partial charge in [0, 0.05) is 24.4 Å². The zero-order valence-corrected chi connectivity index (χ0v) is 20.3. The number of amides is 2. The summed E-state index contributed by atoms with van der Waals surface area (Å²) in [5, 5.41) is 6.88. The van der Waals surface area contributed by atoms with Crippen molar-refractivity contribution in [3.05, 3.63) is 96.6 Å². The first kappa shape index (κ1) is 24.5. The van der Waals surface area contributed by atoms with Gasteiger partial charge in [0.1, 0.15) is 24.2 Å². The zero-order valence-electron chi connectivity index (χ0n) is 20.3. The Labute approximate surface area is 209 Å². The molecule has 0 aliphatic heterocycles. The van der Waals surface area contributed by atoms with Crippen LogP contribution in [0.15, 0.2) is 85.5 Å². The molecule has 0 aliphatic rings. The van der Waals surface area contributed by atoms with E-state index >= 15 is 0 Å². The molecule has 0 aliphatic carbocycles. The highest BCUT2D eigenvalue weighted by molar-refractivity contribution is 5.94. The van der Waals surface area contributed by atoms with E-state index in [9.17, 15) is 9.59 Å². The molecule has 0 fully saturated rings. The number of hydrogen-bond donors (Lipinski definition) is 1. The predicted molar refractivity (Wildman–Crippen MR) is 135 cm³/mol. The minimum atomic E-state index is -0.299. The summed E-state index contributed by atoms with van der Waals surface area (Å²) in [6, 6.07) is 21.5. The van der Waals surface area contributed by atoms with Gasteiger partial charge in [0.15, 0.2) is 6.61 Å². The normalized spacial score (nSPS) is 11.4. The van der Waals surface area contributed by atoms with Crippen LogP contribution in [0.2, 0.25) is 0 Å². The number of hydrogen-bond acceptors (Lipinski definition) is 6. The molecule has 1 N–H and O–H groups in total. The molecule has 9 heteroatoms. The smallest absolute Gasteiger partial charge is 0.262 e. The summed E-state index contributed by atoms with van der Waals surface area (Å²) in [6.45, 7) is 1.81. The number of benzene rings is 3. The first-order chi connectivity index (χ1) is 17.4. The van der Waals surface area contributed by atoms with Crippen LogP contribution in [-0.4, -0.2) is 52.2 Å². The van der Waals surface area contributed by atoms with E-state index < -0.39 is 0 Å². The van der Waals surface area contributed by atoms with Gasteiger partial charge in [-0.25, -0.2) is 9.67 Å². The molecule has 0 saturated carbocycles. The van der Waals surface area contributed by atoms with Gasteiger partial charge < -0.3 is 19.7 Å². The maximum Gasteiger partial charge on any atom is 0.262 e. The van der Waals surface area contributed by atoms with Gasteiger partial charge in [-0.1, -0.05) is 18.2 Å².